The first-order valence-electron chi connectivity index (χ1n) is 10.7. The lowest BCUT2D eigenvalue weighted by atomic mass is 9.35. The summed E-state index contributed by atoms with van der Waals surface area (Å²) in [5, 5.41) is 45.9. The molecule has 156 valence electrons. The molecule has 3 saturated heterocycles. The average Bonchev–Trinajstić information content (AvgIpc) is 3.29. The molecule has 28 heavy (non-hydrogen) atoms. The molecule has 7 rings (SSSR count). The van der Waals surface area contributed by atoms with Crippen molar-refractivity contribution in [3.63, 3.8) is 0 Å². The smallest absolute Gasteiger partial charge is 0.208 e. The van der Waals surface area contributed by atoms with Gasteiger partial charge in [-0.1, -0.05) is 13.8 Å². The number of hydrogen-bond acceptors (Lipinski definition) is 7. The molecule has 0 radical (unpaired) electrons. The highest BCUT2D eigenvalue weighted by atomic mass is 16.7. The van der Waals surface area contributed by atoms with Crippen LogP contribution in [0.2, 0.25) is 0 Å². The summed E-state index contributed by atoms with van der Waals surface area (Å²) in [6.45, 7) is 6.02. The van der Waals surface area contributed by atoms with E-state index in [9.17, 15) is 25.2 Å². The quantitative estimate of drug-likeness (QED) is 0.426. The van der Waals surface area contributed by atoms with Gasteiger partial charge in [-0.05, 0) is 43.9 Å². The largest absolute Gasteiger partial charge is 0.392 e. The predicted molar refractivity (Wildman–Crippen MR) is 94.8 cm³/mol. The molecule has 7 nitrogen and oxygen atoms in total. The van der Waals surface area contributed by atoms with Crippen LogP contribution in [0, 0.1) is 34.0 Å². The molecule has 3 heterocycles. The Bertz CT molecular complexity index is 783. The Labute approximate surface area is 164 Å². The van der Waals surface area contributed by atoms with E-state index >= 15 is 0 Å². The maximum atomic E-state index is 13.9. The molecule has 0 aromatic heterocycles. The summed E-state index contributed by atoms with van der Waals surface area (Å²) in [7, 11) is 0. The number of epoxide rings is 1. The summed E-state index contributed by atoms with van der Waals surface area (Å²) < 4.78 is 11.7. The van der Waals surface area contributed by atoms with Gasteiger partial charge in [0, 0.05) is 17.3 Å². The lowest BCUT2D eigenvalue weighted by Crippen LogP contribution is -2.85. The van der Waals surface area contributed by atoms with E-state index in [-0.39, 0.29) is 23.9 Å². The number of rotatable bonds is 0. The van der Waals surface area contributed by atoms with Crippen molar-refractivity contribution in [1.29, 1.82) is 0 Å². The zero-order valence-electron chi connectivity index (χ0n) is 16.6. The van der Waals surface area contributed by atoms with Crippen LogP contribution in [-0.4, -0.2) is 68.6 Å². The van der Waals surface area contributed by atoms with Crippen LogP contribution in [0.15, 0.2) is 0 Å². The molecule has 4 aliphatic carbocycles. The molecular formula is C21H30O7. The minimum Gasteiger partial charge on any atom is -0.392 e. The van der Waals surface area contributed by atoms with Crippen molar-refractivity contribution in [2.45, 2.75) is 82.3 Å². The standard InChI is InChI=1S/C21H30O7/c1-9-20(28-9)10-4-5-11-18-8-27-21(26,19(11,14(10)23)16(20)25)15(24)13(18)17(2,3)7-6-12(18)22/h9-15,22-24,26H,4-8H2,1-3H3/t9-,10+,11?,12-,13?,14+,15-,18+,19+,20+,21-/m0/s1. The third kappa shape index (κ3) is 1.42. The highest BCUT2D eigenvalue weighted by molar-refractivity contribution is 6.01. The summed E-state index contributed by atoms with van der Waals surface area (Å²) >= 11 is 0. The molecule has 7 aliphatic rings. The van der Waals surface area contributed by atoms with Crippen LogP contribution in [0.25, 0.3) is 0 Å². The fourth-order valence-electron chi connectivity index (χ4n) is 8.93. The van der Waals surface area contributed by atoms with Crippen molar-refractivity contribution in [1.82, 2.24) is 0 Å². The van der Waals surface area contributed by atoms with Crippen LogP contribution in [0.4, 0.5) is 0 Å². The molecule has 7 heteroatoms. The Morgan fingerprint density at radius 3 is 2.39 bits per heavy atom. The molecule has 4 bridgehead atoms. The fourth-order valence-corrected chi connectivity index (χ4v) is 8.93. The second-order valence-electron chi connectivity index (χ2n) is 11.0. The Hall–Kier alpha value is -0.570. The number of carbonyl (C=O) groups is 1. The van der Waals surface area contributed by atoms with Crippen molar-refractivity contribution < 1.29 is 34.7 Å². The number of Topliss-reactive ketones (excluding diaryl/α,β-unsaturated/α-hetero) is 1. The summed E-state index contributed by atoms with van der Waals surface area (Å²) in [6.07, 6.45) is -1.10. The number of aliphatic hydroxyl groups excluding tert-OH is 3. The lowest BCUT2D eigenvalue weighted by molar-refractivity contribution is -0.458. The van der Waals surface area contributed by atoms with Gasteiger partial charge in [-0.2, -0.15) is 0 Å². The monoisotopic (exact) mass is 394 g/mol. The Kier molecular flexibility index (Phi) is 3.05. The summed E-state index contributed by atoms with van der Waals surface area (Å²) in [6, 6.07) is 0. The Morgan fingerprint density at radius 2 is 1.75 bits per heavy atom. The van der Waals surface area contributed by atoms with E-state index in [4.69, 9.17) is 9.47 Å². The number of aliphatic hydroxyl groups is 4. The van der Waals surface area contributed by atoms with Gasteiger partial charge >= 0.3 is 0 Å². The van der Waals surface area contributed by atoms with E-state index in [2.05, 4.69) is 13.8 Å². The first-order chi connectivity index (χ1) is 13.0. The molecule has 0 amide bonds. The molecular weight excluding hydrogens is 364 g/mol. The zero-order valence-corrected chi connectivity index (χ0v) is 16.6. The van der Waals surface area contributed by atoms with E-state index in [1.54, 1.807) is 0 Å². The molecule has 2 unspecified atom stereocenters. The number of ether oxygens (including phenoxy) is 2. The van der Waals surface area contributed by atoms with Gasteiger partial charge in [-0.3, -0.25) is 4.79 Å². The van der Waals surface area contributed by atoms with Gasteiger partial charge in [0.25, 0.3) is 0 Å². The van der Waals surface area contributed by atoms with Crippen molar-refractivity contribution in [3.8, 4) is 0 Å². The molecule has 7 fully saturated rings. The third-order valence-electron chi connectivity index (χ3n) is 9.97. The van der Waals surface area contributed by atoms with Gasteiger partial charge in [0.05, 0.1) is 24.9 Å². The van der Waals surface area contributed by atoms with E-state index in [1.807, 2.05) is 6.92 Å². The first kappa shape index (κ1) is 18.2. The maximum absolute atomic E-state index is 13.9. The highest BCUT2D eigenvalue weighted by Crippen LogP contribution is 2.78. The fraction of sp³-hybridized carbons (Fsp3) is 0.952. The Morgan fingerprint density at radius 1 is 1.07 bits per heavy atom. The molecule has 4 N–H and O–H groups in total. The maximum Gasteiger partial charge on any atom is 0.208 e. The van der Waals surface area contributed by atoms with E-state index in [0.717, 1.165) is 6.42 Å². The molecule has 4 saturated carbocycles. The van der Waals surface area contributed by atoms with E-state index < -0.39 is 58.3 Å². The summed E-state index contributed by atoms with van der Waals surface area (Å²) in [5.74, 6) is -3.76. The number of fused-ring (bicyclic) bond motifs is 3. The second kappa shape index (κ2) is 4.68. The van der Waals surface area contributed by atoms with Gasteiger partial charge < -0.3 is 29.9 Å². The van der Waals surface area contributed by atoms with Crippen LogP contribution < -0.4 is 0 Å². The third-order valence-corrected chi connectivity index (χ3v) is 9.97. The minimum absolute atomic E-state index is 0.0936. The van der Waals surface area contributed by atoms with Gasteiger partial charge in [0.1, 0.15) is 11.5 Å². The van der Waals surface area contributed by atoms with Crippen molar-refractivity contribution in [2.24, 2.45) is 34.0 Å². The van der Waals surface area contributed by atoms with Gasteiger partial charge in [0.2, 0.25) is 5.79 Å². The molecule has 11 atom stereocenters. The van der Waals surface area contributed by atoms with Crippen LogP contribution in [0.5, 0.6) is 0 Å². The zero-order chi connectivity index (χ0) is 20.1. The van der Waals surface area contributed by atoms with Crippen molar-refractivity contribution in [2.75, 3.05) is 6.61 Å². The average molecular weight is 394 g/mol. The number of hydrogen-bond donors (Lipinski definition) is 4. The summed E-state index contributed by atoms with van der Waals surface area (Å²) in [4.78, 5) is 13.9. The van der Waals surface area contributed by atoms with Crippen LogP contribution in [0.3, 0.4) is 0 Å². The minimum atomic E-state index is -2.16. The van der Waals surface area contributed by atoms with E-state index in [0.29, 0.717) is 19.3 Å². The second-order valence-corrected chi connectivity index (χ2v) is 11.0. The molecule has 3 aliphatic heterocycles. The molecule has 0 aromatic rings. The predicted octanol–water partition coefficient (Wildman–Crippen LogP) is -0.0231. The SMILES string of the molecule is C[C@@H]1O[C@]12C(=O)[C@@]13C(CC[C@@H]2[C@H]1O)[C@@]12CO[C@@]3(O)[C@@H](O)C1C(C)(C)CC[C@@H]2O. The van der Waals surface area contributed by atoms with Crippen LogP contribution >= 0.6 is 0 Å². The Balaban J connectivity index is 1.63. The van der Waals surface area contributed by atoms with Gasteiger partial charge in [0.15, 0.2) is 11.4 Å². The van der Waals surface area contributed by atoms with Crippen LogP contribution in [-0.2, 0) is 14.3 Å². The first-order valence-corrected chi connectivity index (χ1v) is 10.7. The molecule has 0 aromatic carbocycles. The summed E-state index contributed by atoms with van der Waals surface area (Å²) in [5.41, 5.74) is -3.94. The van der Waals surface area contributed by atoms with Gasteiger partial charge in [-0.25, -0.2) is 0 Å². The van der Waals surface area contributed by atoms with Crippen LogP contribution in [0.1, 0.15) is 46.5 Å². The van der Waals surface area contributed by atoms with Gasteiger partial charge in [-0.15, -0.1) is 0 Å². The number of carbonyl (C=O) groups excluding carboxylic acids is 1. The van der Waals surface area contributed by atoms with E-state index in [1.165, 1.54) is 0 Å². The highest BCUT2D eigenvalue weighted by Gasteiger charge is 2.92. The number of ketones is 1. The van der Waals surface area contributed by atoms with Crippen molar-refractivity contribution in [3.05, 3.63) is 0 Å². The molecule has 3 spiro atoms. The lowest BCUT2D eigenvalue weighted by Gasteiger charge is -2.74. The van der Waals surface area contributed by atoms with Crippen molar-refractivity contribution >= 4 is 5.78 Å². The normalized spacial score (nSPS) is 66.0. The topological polar surface area (TPSA) is 120 Å².